The number of amides is 4. The van der Waals surface area contributed by atoms with Crippen molar-refractivity contribution in [1.82, 2.24) is 30.8 Å². The molecule has 1 unspecified atom stereocenters. The molecule has 46 heavy (non-hydrogen) atoms. The normalized spacial score (nSPS) is 18.2. The van der Waals surface area contributed by atoms with Crippen molar-refractivity contribution in [2.24, 2.45) is 11.7 Å². The zero-order chi connectivity index (χ0) is 32.6. The zero-order valence-corrected chi connectivity index (χ0v) is 27.3. The number of carbonyl (C=O) groups excluding carboxylic acids is 4. The first-order valence-corrected chi connectivity index (χ1v) is 16.9. The van der Waals surface area contributed by atoms with E-state index in [0.29, 0.717) is 28.4 Å². The summed E-state index contributed by atoms with van der Waals surface area (Å²) in [7, 11) is 0. The topological polar surface area (TPSA) is 159 Å². The minimum Gasteiger partial charge on any atom is -0.351 e. The summed E-state index contributed by atoms with van der Waals surface area (Å²) >= 11 is 2.60. The minimum absolute atomic E-state index is 0.00240. The van der Waals surface area contributed by atoms with Crippen molar-refractivity contribution >= 4 is 46.3 Å². The van der Waals surface area contributed by atoms with Crippen molar-refractivity contribution in [3.05, 3.63) is 103 Å². The third kappa shape index (κ3) is 8.22. The van der Waals surface area contributed by atoms with E-state index in [1.165, 1.54) is 27.6 Å². The number of fused-ring (bicyclic) bond motifs is 4. The van der Waals surface area contributed by atoms with Crippen molar-refractivity contribution in [2.75, 3.05) is 19.6 Å². The van der Waals surface area contributed by atoms with Gasteiger partial charge in [0.25, 0.3) is 17.7 Å². The average molecular weight is 660 g/mol. The van der Waals surface area contributed by atoms with Crippen molar-refractivity contribution in [1.29, 1.82) is 0 Å². The third-order valence-electron chi connectivity index (χ3n) is 7.57. The first-order valence-electron chi connectivity index (χ1n) is 15.1. The fourth-order valence-electron chi connectivity index (χ4n) is 5.11. The highest BCUT2D eigenvalue weighted by molar-refractivity contribution is 7.10. The van der Waals surface area contributed by atoms with Crippen LogP contribution in [0.1, 0.15) is 84.8 Å². The summed E-state index contributed by atoms with van der Waals surface area (Å²) in [5.74, 6) is -1.42. The number of nitrogens with zero attached hydrogens (tertiary/aromatic N) is 3. The molecule has 2 aromatic carbocycles. The molecule has 4 aromatic rings. The van der Waals surface area contributed by atoms with E-state index in [0.717, 1.165) is 11.1 Å². The van der Waals surface area contributed by atoms with Crippen LogP contribution in [0.5, 0.6) is 0 Å². The molecule has 0 aliphatic carbocycles. The van der Waals surface area contributed by atoms with Gasteiger partial charge in [-0.2, -0.15) is 0 Å². The van der Waals surface area contributed by atoms with Crippen LogP contribution in [-0.2, 0) is 17.8 Å². The molecule has 13 heteroatoms. The van der Waals surface area contributed by atoms with Crippen molar-refractivity contribution in [3.8, 4) is 0 Å². The molecular formula is C33H37N7O4S2. The summed E-state index contributed by atoms with van der Waals surface area (Å²) in [4.78, 5) is 64.3. The predicted octanol–water partition coefficient (Wildman–Crippen LogP) is 3.86. The highest BCUT2D eigenvalue weighted by Gasteiger charge is 2.27. The van der Waals surface area contributed by atoms with E-state index >= 15 is 0 Å². The molecule has 4 amide bonds. The van der Waals surface area contributed by atoms with Gasteiger partial charge in [-0.15, -0.1) is 22.7 Å². The van der Waals surface area contributed by atoms with Crippen LogP contribution in [-0.4, -0.2) is 58.1 Å². The van der Waals surface area contributed by atoms with Gasteiger partial charge >= 0.3 is 0 Å². The molecule has 4 bridgehead atoms. The van der Waals surface area contributed by atoms with E-state index in [1.54, 1.807) is 29.0 Å². The monoisotopic (exact) mass is 659 g/mol. The van der Waals surface area contributed by atoms with E-state index in [4.69, 9.17) is 5.73 Å². The SMILES string of the molecule is CC(C)[C@@H]1NC(=O)c2csc(n2)C(Cc2ccccc2)NC(=O)CN(C(=O)c2cccc(CN)c2)CCCNC(=O)c2csc1n2. The molecule has 0 spiro atoms. The number of hydrogen-bond donors (Lipinski definition) is 4. The Bertz CT molecular complexity index is 1690. The average Bonchev–Trinajstić information content (AvgIpc) is 3.75. The molecule has 240 valence electrons. The van der Waals surface area contributed by atoms with Crippen LogP contribution in [0.2, 0.25) is 0 Å². The van der Waals surface area contributed by atoms with Gasteiger partial charge in [0, 0.05) is 36.0 Å². The summed E-state index contributed by atoms with van der Waals surface area (Å²) in [6.07, 6.45) is 0.850. The third-order valence-corrected chi connectivity index (χ3v) is 9.45. The van der Waals surface area contributed by atoms with E-state index in [2.05, 4.69) is 25.9 Å². The Kier molecular flexibility index (Phi) is 10.9. The summed E-state index contributed by atoms with van der Waals surface area (Å²) in [5, 5.41) is 13.5. The van der Waals surface area contributed by atoms with Crippen LogP contribution in [0.15, 0.2) is 65.4 Å². The Morgan fingerprint density at radius 3 is 2.37 bits per heavy atom. The maximum absolute atomic E-state index is 13.7. The molecule has 1 aliphatic rings. The Morgan fingerprint density at radius 2 is 1.63 bits per heavy atom. The summed E-state index contributed by atoms with van der Waals surface area (Å²) in [5.41, 5.74) is 8.49. The molecule has 11 nitrogen and oxygen atoms in total. The number of nitrogens with two attached hydrogens (primary N) is 1. The molecule has 3 heterocycles. The number of thiazole rings is 2. The van der Waals surface area contributed by atoms with Gasteiger partial charge in [0.15, 0.2) is 0 Å². The van der Waals surface area contributed by atoms with Crippen LogP contribution in [0, 0.1) is 5.92 Å². The maximum atomic E-state index is 13.7. The standard InChI is InChI=1S/C33H37N7O4S2/c1-20(2)28-32-38-25(18-46-32)29(42)35-12-7-13-40(33(44)23-11-6-10-22(14-23)16-34)17-27(41)36-24(15-21-8-4-3-5-9-21)31-37-26(19-45-31)30(43)39-28/h3-6,8-11,14,18-20,24,28H,7,12-13,15-17,34H2,1-2H3,(H,35,42)(H,36,41)(H,39,43)/t24?,28-/m0/s1. The van der Waals surface area contributed by atoms with Gasteiger partial charge in [0.2, 0.25) is 5.91 Å². The van der Waals surface area contributed by atoms with E-state index in [-0.39, 0.29) is 67.1 Å². The number of carbonyl (C=O) groups is 4. The fourth-order valence-corrected chi connectivity index (χ4v) is 6.98. The molecule has 2 aromatic heterocycles. The number of benzene rings is 2. The van der Waals surface area contributed by atoms with Gasteiger partial charge in [0.05, 0.1) is 18.6 Å². The molecule has 0 fully saturated rings. The van der Waals surface area contributed by atoms with Crippen LogP contribution in [0.4, 0.5) is 0 Å². The van der Waals surface area contributed by atoms with Crippen molar-refractivity contribution in [3.63, 3.8) is 0 Å². The molecule has 0 radical (unpaired) electrons. The van der Waals surface area contributed by atoms with Crippen molar-refractivity contribution < 1.29 is 19.2 Å². The maximum Gasteiger partial charge on any atom is 0.271 e. The first kappa shape index (κ1) is 32.9. The Morgan fingerprint density at radius 1 is 0.935 bits per heavy atom. The molecular weight excluding hydrogens is 623 g/mol. The second kappa shape index (κ2) is 15.2. The predicted molar refractivity (Wildman–Crippen MR) is 177 cm³/mol. The number of aromatic nitrogens is 2. The molecule has 1 aliphatic heterocycles. The van der Waals surface area contributed by atoms with Gasteiger partial charge in [-0.3, -0.25) is 19.2 Å². The molecule has 5 rings (SSSR count). The van der Waals surface area contributed by atoms with Gasteiger partial charge in [-0.1, -0.05) is 56.3 Å². The number of hydrogen-bond acceptors (Lipinski definition) is 9. The number of rotatable bonds is 5. The van der Waals surface area contributed by atoms with E-state index in [1.807, 2.05) is 50.2 Å². The minimum atomic E-state index is -0.539. The second-order valence-corrected chi connectivity index (χ2v) is 13.2. The molecule has 0 saturated carbocycles. The number of nitrogens with one attached hydrogen (secondary N) is 3. The smallest absolute Gasteiger partial charge is 0.271 e. The first-order chi connectivity index (χ1) is 22.2. The van der Waals surface area contributed by atoms with Crippen molar-refractivity contribution in [2.45, 2.75) is 45.3 Å². The summed E-state index contributed by atoms with van der Waals surface area (Å²) < 4.78 is 0. The largest absolute Gasteiger partial charge is 0.351 e. The van der Waals surface area contributed by atoms with Crippen LogP contribution >= 0.6 is 22.7 Å². The summed E-state index contributed by atoms with van der Waals surface area (Å²) in [6, 6.07) is 15.7. The lowest BCUT2D eigenvalue weighted by atomic mass is 10.0. The van der Waals surface area contributed by atoms with Crippen LogP contribution in [0.3, 0.4) is 0 Å². The molecule has 0 saturated heterocycles. The van der Waals surface area contributed by atoms with Crippen LogP contribution in [0.25, 0.3) is 0 Å². The second-order valence-electron chi connectivity index (χ2n) is 11.4. The van der Waals surface area contributed by atoms with Gasteiger partial charge < -0.3 is 26.6 Å². The Hall–Kier alpha value is -4.46. The Balaban J connectivity index is 1.47. The summed E-state index contributed by atoms with van der Waals surface area (Å²) in [6.45, 7) is 4.49. The molecule has 2 atom stereocenters. The highest BCUT2D eigenvalue weighted by atomic mass is 32.1. The highest BCUT2D eigenvalue weighted by Crippen LogP contribution is 2.27. The lowest BCUT2D eigenvalue weighted by Gasteiger charge is -2.24. The van der Waals surface area contributed by atoms with Gasteiger partial charge in [0.1, 0.15) is 21.4 Å². The van der Waals surface area contributed by atoms with Gasteiger partial charge in [-0.05, 0) is 42.0 Å². The lowest BCUT2D eigenvalue weighted by molar-refractivity contribution is -0.122. The lowest BCUT2D eigenvalue weighted by Crippen LogP contribution is -2.43. The van der Waals surface area contributed by atoms with Crippen LogP contribution < -0.4 is 21.7 Å². The fraction of sp³-hybridized carbons (Fsp3) is 0.333. The zero-order valence-electron chi connectivity index (χ0n) is 25.7. The quantitative estimate of drug-likeness (QED) is 0.253. The van der Waals surface area contributed by atoms with E-state index in [9.17, 15) is 19.2 Å². The van der Waals surface area contributed by atoms with E-state index < -0.39 is 12.1 Å². The van der Waals surface area contributed by atoms with Gasteiger partial charge in [-0.25, -0.2) is 9.97 Å². The molecule has 5 N–H and O–H groups in total. The Labute approximate surface area is 275 Å².